The number of halogens is 1. The van der Waals surface area contributed by atoms with E-state index in [1.807, 2.05) is 0 Å². The minimum atomic E-state index is 0. The summed E-state index contributed by atoms with van der Waals surface area (Å²) in [6.07, 6.45) is 0.408. The predicted molar refractivity (Wildman–Crippen MR) is 57.1 cm³/mol. The van der Waals surface area contributed by atoms with Gasteiger partial charge in [-0.25, -0.2) is 0 Å². The zero-order valence-electron chi connectivity index (χ0n) is 8.57. The van der Waals surface area contributed by atoms with Crippen LogP contribution < -0.4 is 5.32 Å². The van der Waals surface area contributed by atoms with Crippen molar-refractivity contribution in [2.75, 3.05) is 46.5 Å². The SMILES string of the molecule is COCCN1CCO[C@H]2CNC[C@H]21.Cl. The van der Waals surface area contributed by atoms with Gasteiger partial charge >= 0.3 is 0 Å². The van der Waals surface area contributed by atoms with Crippen LogP contribution in [0.25, 0.3) is 0 Å². The molecular weight excluding hydrogens is 204 g/mol. The van der Waals surface area contributed by atoms with Gasteiger partial charge in [-0.05, 0) is 0 Å². The average Bonchev–Trinajstić information content (AvgIpc) is 2.62. The molecule has 14 heavy (non-hydrogen) atoms. The lowest BCUT2D eigenvalue weighted by atomic mass is 10.1. The smallest absolute Gasteiger partial charge is 0.0867 e. The number of rotatable bonds is 3. The molecule has 0 spiro atoms. The fourth-order valence-corrected chi connectivity index (χ4v) is 2.15. The molecule has 1 N–H and O–H groups in total. The Bertz CT molecular complexity index is 171. The van der Waals surface area contributed by atoms with Gasteiger partial charge in [0.25, 0.3) is 0 Å². The molecule has 2 aliphatic heterocycles. The maximum Gasteiger partial charge on any atom is 0.0867 e. The molecule has 2 rings (SSSR count). The van der Waals surface area contributed by atoms with E-state index in [-0.39, 0.29) is 12.4 Å². The van der Waals surface area contributed by atoms with Crippen molar-refractivity contribution in [3.05, 3.63) is 0 Å². The molecule has 0 bridgehead atoms. The molecule has 0 radical (unpaired) electrons. The Morgan fingerprint density at radius 2 is 2.36 bits per heavy atom. The summed E-state index contributed by atoms with van der Waals surface area (Å²) in [5.74, 6) is 0. The van der Waals surface area contributed by atoms with E-state index in [2.05, 4.69) is 10.2 Å². The second-order valence-corrected chi connectivity index (χ2v) is 3.66. The number of ether oxygens (including phenoxy) is 2. The van der Waals surface area contributed by atoms with E-state index in [1.54, 1.807) is 7.11 Å². The van der Waals surface area contributed by atoms with Crippen LogP contribution in [0.15, 0.2) is 0 Å². The first-order valence-corrected chi connectivity index (χ1v) is 4.97. The number of nitrogens with one attached hydrogen (secondary N) is 1. The molecule has 2 aliphatic rings. The molecule has 84 valence electrons. The summed E-state index contributed by atoms with van der Waals surface area (Å²) in [7, 11) is 1.75. The Kier molecular flexibility index (Phi) is 5.12. The summed E-state index contributed by atoms with van der Waals surface area (Å²) >= 11 is 0. The quantitative estimate of drug-likeness (QED) is 0.713. The van der Waals surface area contributed by atoms with Gasteiger partial charge < -0.3 is 14.8 Å². The van der Waals surface area contributed by atoms with Crippen molar-refractivity contribution in [3.8, 4) is 0 Å². The minimum absolute atomic E-state index is 0. The lowest BCUT2D eigenvalue weighted by Crippen LogP contribution is -2.51. The first-order valence-electron chi connectivity index (χ1n) is 4.97. The van der Waals surface area contributed by atoms with Gasteiger partial charge in [0.2, 0.25) is 0 Å². The zero-order valence-corrected chi connectivity index (χ0v) is 9.39. The van der Waals surface area contributed by atoms with Crippen LogP contribution in [0.1, 0.15) is 0 Å². The number of hydrogen-bond donors (Lipinski definition) is 1. The lowest BCUT2D eigenvalue weighted by Gasteiger charge is -2.36. The van der Waals surface area contributed by atoms with Crippen LogP contribution in [0.2, 0.25) is 0 Å². The van der Waals surface area contributed by atoms with Crippen LogP contribution in [-0.4, -0.2) is 63.5 Å². The molecule has 0 saturated carbocycles. The molecule has 0 aromatic carbocycles. The summed E-state index contributed by atoms with van der Waals surface area (Å²) in [5, 5.41) is 3.36. The third-order valence-electron chi connectivity index (χ3n) is 2.89. The Morgan fingerprint density at radius 1 is 1.50 bits per heavy atom. The Labute approximate surface area is 91.3 Å². The van der Waals surface area contributed by atoms with Gasteiger partial charge in [0, 0.05) is 39.3 Å². The van der Waals surface area contributed by atoms with Crippen LogP contribution in [0.5, 0.6) is 0 Å². The van der Waals surface area contributed by atoms with Gasteiger partial charge in [0.1, 0.15) is 0 Å². The topological polar surface area (TPSA) is 33.7 Å². The highest BCUT2D eigenvalue weighted by Gasteiger charge is 2.35. The van der Waals surface area contributed by atoms with E-state index in [4.69, 9.17) is 9.47 Å². The Balaban J connectivity index is 0.000000980. The van der Waals surface area contributed by atoms with Crippen molar-refractivity contribution in [1.29, 1.82) is 0 Å². The van der Waals surface area contributed by atoms with Crippen molar-refractivity contribution >= 4 is 12.4 Å². The molecule has 0 amide bonds. The molecule has 2 fully saturated rings. The number of hydrogen-bond acceptors (Lipinski definition) is 4. The summed E-state index contributed by atoms with van der Waals surface area (Å²) in [4.78, 5) is 2.47. The molecule has 0 aromatic heterocycles. The van der Waals surface area contributed by atoms with Gasteiger partial charge in [0.15, 0.2) is 0 Å². The van der Waals surface area contributed by atoms with Crippen molar-refractivity contribution in [1.82, 2.24) is 10.2 Å². The Hall–Kier alpha value is 0.130. The molecule has 5 heteroatoms. The van der Waals surface area contributed by atoms with Gasteiger partial charge in [-0.3, -0.25) is 4.90 Å². The molecule has 0 aromatic rings. The van der Waals surface area contributed by atoms with Gasteiger partial charge in [-0.2, -0.15) is 0 Å². The van der Waals surface area contributed by atoms with E-state index >= 15 is 0 Å². The van der Waals surface area contributed by atoms with Gasteiger partial charge in [0.05, 0.1) is 19.3 Å². The normalized spacial score (nSPS) is 32.4. The van der Waals surface area contributed by atoms with Crippen LogP contribution >= 0.6 is 12.4 Å². The highest BCUT2D eigenvalue weighted by atomic mass is 35.5. The van der Waals surface area contributed by atoms with E-state index in [1.165, 1.54) is 0 Å². The molecule has 2 heterocycles. The third-order valence-corrected chi connectivity index (χ3v) is 2.89. The predicted octanol–water partition coefficient (Wildman–Crippen LogP) is -0.273. The standard InChI is InChI=1S/C9H18N2O2.ClH/c1-12-4-2-11-3-5-13-9-7-10-6-8(9)11;/h8-10H,2-7H2,1H3;1H/t8-,9+;/m1./s1. The van der Waals surface area contributed by atoms with Crippen molar-refractivity contribution in [3.63, 3.8) is 0 Å². The van der Waals surface area contributed by atoms with Crippen molar-refractivity contribution in [2.45, 2.75) is 12.1 Å². The van der Waals surface area contributed by atoms with Crippen LogP contribution in [0, 0.1) is 0 Å². The largest absolute Gasteiger partial charge is 0.383 e. The number of morpholine rings is 1. The summed E-state index contributed by atoms with van der Waals surface area (Å²) in [5.41, 5.74) is 0. The number of methoxy groups -OCH3 is 1. The lowest BCUT2D eigenvalue weighted by molar-refractivity contribution is -0.0523. The first kappa shape index (κ1) is 12.2. The second kappa shape index (κ2) is 5.88. The fraction of sp³-hybridized carbons (Fsp3) is 1.00. The average molecular weight is 223 g/mol. The van der Waals surface area contributed by atoms with Gasteiger partial charge in [-0.1, -0.05) is 0 Å². The summed E-state index contributed by atoms with van der Waals surface area (Å²) < 4.78 is 10.8. The first-order chi connectivity index (χ1) is 6.42. The molecule has 0 unspecified atom stereocenters. The molecular formula is C9H19ClN2O2. The number of nitrogens with zero attached hydrogens (tertiary/aromatic N) is 1. The van der Waals surface area contributed by atoms with E-state index in [0.717, 1.165) is 39.4 Å². The highest BCUT2D eigenvalue weighted by Crippen LogP contribution is 2.16. The van der Waals surface area contributed by atoms with E-state index < -0.39 is 0 Å². The minimum Gasteiger partial charge on any atom is -0.383 e. The zero-order chi connectivity index (χ0) is 9.10. The van der Waals surface area contributed by atoms with E-state index in [9.17, 15) is 0 Å². The molecule has 0 aliphatic carbocycles. The van der Waals surface area contributed by atoms with Gasteiger partial charge in [-0.15, -0.1) is 12.4 Å². The maximum atomic E-state index is 5.67. The van der Waals surface area contributed by atoms with Crippen molar-refractivity contribution < 1.29 is 9.47 Å². The van der Waals surface area contributed by atoms with E-state index in [0.29, 0.717) is 12.1 Å². The summed E-state index contributed by atoms with van der Waals surface area (Å²) in [6.45, 7) is 5.84. The Morgan fingerprint density at radius 3 is 3.14 bits per heavy atom. The highest BCUT2D eigenvalue weighted by molar-refractivity contribution is 5.85. The third kappa shape index (κ3) is 2.58. The van der Waals surface area contributed by atoms with Crippen LogP contribution in [-0.2, 0) is 9.47 Å². The maximum absolute atomic E-state index is 5.67. The summed E-state index contributed by atoms with van der Waals surface area (Å²) in [6, 6.07) is 0.573. The van der Waals surface area contributed by atoms with Crippen LogP contribution in [0.4, 0.5) is 0 Å². The molecule has 2 atom stereocenters. The number of fused-ring (bicyclic) bond motifs is 1. The van der Waals surface area contributed by atoms with Crippen LogP contribution in [0.3, 0.4) is 0 Å². The monoisotopic (exact) mass is 222 g/mol. The molecule has 4 nitrogen and oxygen atoms in total. The fourth-order valence-electron chi connectivity index (χ4n) is 2.15. The molecule has 2 saturated heterocycles. The van der Waals surface area contributed by atoms with Crippen molar-refractivity contribution in [2.24, 2.45) is 0 Å². The second-order valence-electron chi connectivity index (χ2n) is 3.66.